The van der Waals surface area contributed by atoms with Gasteiger partial charge in [0, 0.05) is 17.1 Å². The summed E-state index contributed by atoms with van der Waals surface area (Å²) in [4.78, 5) is 11.7. The van der Waals surface area contributed by atoms with Crippen LogP contribution in [0.1, 0.15) is 31.4 Å². The van der Waals surface area contributed by atoms with Crippen LogP contribution in [0.25, 0.3) is 0 Å². The zero-order valence-electron chi connectivity index (χ0n) is 11.0. The number of hydrogen-bond acceptors (Lipinski definition) is 3. The quantitative estimate of drug-likeness (QED) is 0.859. The Morgan fingerprint density at radius 1 is 1.32 bits per heavy atom. The van der Waals surface area contributed by atoms with Gasteiger partial charge in [-0.25, -0.2) is 8.42 Å². The zero-order chi connectivity index (χ0) is 14.5. The SMILES string of the molecule is CCC(NC(=O)CCS(C)(=O)=O)c1ccc(Br)cc1. The van der Waals surface area contributed by atoms with Crippen molar-refractivity contribution in [3.8, 4) is 0 Å². The zero-order valence-corrected chi connectivity index (χ0v) is 13.4. The van der Waals surface area contributed by atoms with Crippen molar-refractivity contribution in [1.29, 1.82) is 0 Å². The third-order valence-corrected chi connectivity index (χ3v) is 4.19. The van der Waals surface area contributed by atoms with E-state index in [2.05, 4.69) is 21.2 Å². The molecule has 4 nitrogen and oxygen atoms in total. The standard InChI is InChI=1S/C13H18BrNO3S/c1-3-12(10-4-6-11(14)7-5-10)15-13(16)8-9-19(2,17)18/h4-7,12H,3,8-9H2,1-2H3,(H,15,16). The van der Waals surface area contributed by atoms with Gasteiger partial charge in [0.25, 0.3) is 0 Å². The minimum absolute atomic E-state index is 0.00581. The monoisotopic (exact) mass is 347 g/mol. The summed E-state index contributed by atoms with van der Waals surface area (Å²) in [5.41, 5.74) is 1.01. The molecule has 1 unspecified atom stereocenters. The maximum atomic E-state index is 11.7. The molecule has 0 bridgehead atoms. The highest BCUT2D eigenvalue weighted by Crippen LogP contribution is 2.19. The molecule has 1 aromatic rings. The average molecular weight is 348 g/mol. The van der Waals surface area contributed by atoms with E-state index in [4.69, 9.17) is 0 Å². The Labute approximate surface area is 122 Å². The van der Waals surface area contributed by atoms with Crippen LogP contribution in [0.2, 0.25) is 0 Å². The molecular weight excluding hydrogens is 330 g/mol. The number of nitrogens with one attached hydrogen (secondary N) is 1. The summed E-state index contributed by atoms with van der Waals surface area (Å²) in [6.45, 7) is 1.98. The summed E-state index contributed by atoms with van der Waals surface area (Å²) in [7, 11) is -3.10. The third kappa shape index (κ3) is 6.20. The first-order valence-electron chi connectivity index (χ1n) is 6.04. The predicted octanol–water partition coefficient (Wildman–Crippen LogP) is 2.45. The maximum Gasteiger partial charge on any atom is 0.221 e. The van der Waals surface area contributed by atoms with Crippen molar-refractivity contribution in [3.63, 3.8) is 0 Å². The number of halogens is 1. The van der Waals surface area contributed by atoms with Gasteiger partial charge in [-0.1, -0.05) is 35.0 Å². The van der Waals surface area contributed by atoms with Crippen molar-refractivity contribution in [1.82, 2.24) is 5.32 Å². The van der Waals surface area contributed by atoms with E-state index in [1.807, 2.05) is 31.2 Å². The molecule has 0 spiro atoms. The fourth-order valence-corrected chi connectivity index (χ4v) is 2.48. The highest BCUT2D eigenvalue weighted by Gasteiger charge is 2.14. The van der Waals surface area contributed by atoms with Gasteiger partial charge in [0.15, 0.2) is 0 Å². The van der Waals surface area contributed by atoms with Gasteiger partial charge in [-0.3, -0.25) is 4.79 Å². The lowest BCUT2D eigenvalue weighted by Gasteiger charge is -2.17. The molecule has 1 atom stereocenters. The molecule has 106 valence electrons. The second-order valence-corrected chi connectivity index (χ2v) is 7.64. The van der Waals surface area contributed by atoms with E-state index >= 15 is 0 Å². The molecule has 0 fully saturated rings. The normalized spacial score (nSPS) is 13.0. The molecule has 0 saturated heterocycles. The molecule has 0 aliphatic heterocycles. The Kier molecular flexibility index (Phi) is 6.00. The molecule has 1 amide bonds. The van der Waals surface area contributed by atoms with E-state index in [0.29, 0.717) is 0 Å². The Morgan fingerprint density at radius 3 is 2.37 bits per heavy atom. The summed E-state index contributed by atoms with van der Waals surface area (Å²) in [5, 5.41) is 2.86. The molecule has 1 aromatic carbocycles. The average Bonchev–Trinajstić information content (AvgIpc) is 2.34. The first-order chi connectivity index (χ1) is 8.81. The van der Waals surface area contributed by atoms with E-state index in [1.165, 1.54) is 0 Å². The van der Waals surface area contributed by atoms with Crippen LogP contribution < -0.4 is 5.32 Å². The number of carbonyl (C=O) groups is 1. The van der Waals surface area contributed by atoms with E-state index in [-0.39, 0.29) is 24.1 Å². The summed E-state index contributed by atoms with van der Waals surface area (Å²) in [5.74, 6) is -0.351. The van der Waals surface area contributed by atoms with Crippen molar-refractivity contribution in [2.24, 2.45) is 0 Å². The summed E-state index contributed by atoms with van der Waals surface area (Å²) < 4.78 is 23.0. The van der Waals surface area contributed by atoms with Crippen LogP contribution in [0, 0.1) is 0 Å². The fourth-order valence-electron chi connectivity index (χ4n) is 1.66. The van der Waals surface area contributed by atoms with E-state index in [0.717, 1.165) is 22.7 Å². The highest BCUT2D eigenvalue weighted by atomic mass is 79.9. The van der Waals surface area contributed by atoms with Gasteiger partial charge < -0.3 is 5.32 Å². The highest BCUT2D eigenvalue weighted by molar-refractivity contribution is 9.10. The van der Waals surface area contributed by atoms with Gasteiger partial charge >= 0.3 is 0 Å². The Morgan fingerprint density at radius 2 is 1.89 bits per heavy atom. The van der Waals surface area contributed by atoms with Crippen LogP contribution in [0.5, 0.6) is 0 Å². The molecule has 19 heavy (non-hydrogen) atoms. The van der Waals surface area contributed by atoms with Crippen molar-refractivity contribution < 1.29 is 13.2 Å². The van der Waals surface area contributed by atoms with Crippen molar-refractivity contribution in [2.75, 3.05) is 12.0 Å². The second kappa shape index (κ2) is 7.05. The molecule has 0 aliphatic carbocycles. The van der Waals surface area contributed by atoms with Crippen LogP contribution in [0.3, 0.4) is 0 Å². The number of amides is 1. The summed E-state index contributed by atoms with van der Waals surface area (Å²) in [6.07, 6.45) is 1.89. The van der Waals surface area contributed by atoms with Gasteiger partial charge in [-0.15, -0.1) is 0 Å². The topological polar surface area (TPSA) is 63.2 Å². The second-order valence-electron chi connectivity index (χ2n) is 4.46. The predicted molar refractivity (Wildman–Crippen MR) is 79.6 cm³/mol. The lowest BCUT2D eigenvalue weighted by molar-refractivity contribution is -0.121. The molecule has 1 rings (SSSR count). The Hall–Kier alpha value is -0.880. The lowest BCUT2D eigenvalue weighted by atomic mass is 10.0. The number of benzene rings is 1. The van der Waals surface area contributed by atoms with Gasteiger partial charge in [-0.05, 0) is 24.1 Å². The Bertz CT molecular complexity index is 525. The van der Waals surface area contributed by atoms with E-state index in [9.17, 15) is 13.2 Å². The van der Waals surface area contributed by atoms with Gasteiger partial charge in [0.2, 0.25) is 5.91 Å². The molecule has 0 aliphatic rings. The smallest absolute Gasteiger partial charge is 0.221 e. The number of hydrogen-bond donors (Lipinski definition) is 1. The van der Waals surface area contributed by atoms with E-state index in [1.54, 1.807) is 0 Å². The number of rotatable bonds is 6. The van der Waals surface area contributed by atoms with Crippen LogP contribution in [-0.4, -0.2) is 26.3 Å². The number of carbonyl (C=O) groups excluding carboxylic acids is 1. The molecule has 0 radical (unpaired) electrons. The maximum absolute atomic E-state index is 11.7. The molecule has 0 heterocycles. The Balaban J connectivity index is 2.62. The van der Waals surface area contributed by atoms with Crippen LogP contribution >= 0.6 is 15.9 Å². The fraction of sp³-hybridized carbons (Fsp3) is 0.462. The van der Waals surface area contributed by atoms with Crippen molar-refractivity contribution in [3.05, 3.63) is 34.3 Å². The molecule has 1 N–H and O–H groups in total. The third-order valence-electron chi connectivity index (χ3n) is 2.72. The van der Waals surface area contributed by atoms with Crippen molar-refractivity contribution in [2.45, 2.75) is 25.8 Å². The van der Waals surface area contributed by atoms with Gasteiger partial charge in [0.05, 0.1) is 11.8 Å². The van der Waals surface area contributed by atoms with Crippen LogP contribution in [0.15, 0.2) is 28.7 Å². The summed E-state index contributed by atoms with van der Waals surface area (Å²) in [6, 6.07) is 7.63. The first kappa shape index (κ1) is 16.2. The molecular formula is C13H18BrNO3S. The number of sulfone groups is 1. The minimum atomic E-state index is -3.10. The molecule has 0 aromatic heterocycles. The molecule has 6 heteroatoms. The van der Waals surface area contributed by atoms with E-state index < -0.39 is 9.84 Å². The van der Waals surface area contributed by atoms with Gasteiger partial charge in [-0.2, -0.15) is 0 Å². The lowest BCUT2D eigenvalue weighted by Crippen LogP contribution is -2.29. The summed E-state index contributed by atoms with van der Waals surface area (Å²) >= 11 is 3.36. The van der Waals surface area contributed by atoms with Crippen molar-refractivity contribution >= 4 is 31.7 Å². The largest absolute Gasteiger partial charge is 0.349 e. The van der Waals surface area contributed by atoms with Crippen LogP contribution in [0.4, 0.5) is 0 Å². The minimum Gasteiger partial charge on any atom is -0.349 e. The first-order valence-corrected chi connectivity index (χ1v) is 8.89. The van der Waals surface area contributed by atoms with Gasteiger partial charge in [0.1, 0.15) is 9.84 Å². The van der Waals surface area contributed by atoms with Crippen LogP contribution in [-0.2, 0) is 14.6 Å². The molecule has 0 saturated carbocycles.